The van der Waals surface area contributed by atoms with Crippen LogP contribution in [0.5, 0.6) is 0 Å². The maximum absolute atomic E-state index is 13.4. The average Bonchev–Trinajstić information content (AvgIpc) is 2.23. The van der Waals surface area contributed by atoms with Gasteiger partial charge in [0.2, 0.25) is 0 Å². The molecule has 1 rings (SSSR count). The fourth-order valence-corrected chi connectivity index (χ4v) is 1.41. The second-order valence-corrected chi connectivity index (χ2v) is 3.14. The molecule has 0 saturated heterocycles. The molecular weight excluding hydrogens is 199 g/mol. The number of halogens is 1. The molecule has 0 unspecified atom stereocenters. The standard InChI is InChI=1S/C11H13FO3/c1-7-4-5-9(12)8(6-14-2)10(7)11(13)15-3/h4-5H,6H2,1-3H3. The van der Waals surface area contributed by atoms with E-state index in [0.717, 1.165) is 0 Å². The van der Waals surface area contributed by atoms with E-state index in [2.05, 4.69) is 4.74 Å². The zero-order chi connectivity index (χ0) is 11.4. The number of hydrogen-bond acceptors (Lipinski definition) is 3. The molecule has 0 atom stereocenters. The maximum atomic E-state index is 13.4. The predicted octanol–water partition coefficient (Wildman–Crippen LogP) is 2.07. The largest absolute Gasteiger partial charge is 0.465 e. The summed E-state index contributed by atoms with van der Waals surface area (Å²) in [5, 5.41) is 0. The number of benzene rings is 1. The summed E-state index contributed by atoms with van der Waals surface area (Å²) in [6.45, 7) is 1.78. The summed E-state index contributed by atoms with van der Waals surface area (Å²) in [7, 11) is 2.71. The topological polar surface area (TPSA) is 35.5 Å². The number of ether oxygens (including phenoxy) is 2. The SMILES string of the molecule is COCc1c(F)ccc(C)c1C(=O)OC. The molecular formula is C11H13FO3. The minimum atomic E-state index is -0.543. The molecule has 0 saturated carbocycles. The summed E-state index contributed by atoms with van der Waals surface area (Å²) in [5.74, 6) is -0.998. The lowest BCUT2D eigenvalue weighted by molar-refractivity contribution is 0.0593. The molecule has 0 radical (unpaired) electrons. The first-order chi connectivity index (χ1) is 7.11. The van der Waals surface area contributed by atoms with E-state index >= 15 is 0 Å². The summed E-state index contributed by atoms with van der Waals surface area (Å²) >= 11 is 0. The first-order valence-electron chi connectivity index (χ1n) is 4.47. The van der Waals surface area contributed by atoms with Gasteiger partial charge in [0.25, 0.3) is 0 Å². The first-order valence-corrected chi connectivity index (χ1v) is 4.47. The molecule has 0 aliphatic carbocycles. The van der Waals surface area contributed by atoms with E-state index in [0.29, 0.717) is 5.56 Å². The van der Waals surface area contributed by atoms with Gasteiger partial charge in [-0.3, -0.25) is 0 Å². The predicted molar refractivity (Wildman–Crippen MR) is 53.2 cm³/mol. The third kappa shape index (κ3) is 2.33. The van der Waals surface area contributed by atoms with E-state index in [4.69, 9.17) is 4.74 Å². The summed E-state index contributed by atoms with van der Waals surface area (Å²) in [4.78, 5) is 11.4. The molecule has 1 aromatic carbocycles. The van der Waals surface area contributed by atoms with Crippen LogP contribution >= 0.6 is 0 Å². The van der Waals surface area contributed by atoms with Crippen molar-refractivity contribution in [3.63, 3.8) is 0 Å². The minimum absolute atomic E-state index is 0.0535. The Morgan fingerprint density at radius 1 is 1.40 bits per heavy atom. The van der Waals surface area contributed by atoms with E-state index in [1.165, 1.54) is 20.3 Å². The fraction of sp³-hybridized carbons (Fsp3) is 0.364. The molecule has 0 heterocycles. The van der Waals surface area contributed by atoms with Crippen molar-refractivity contribution in [2.45, 2.75) is 13.5 Å². The fourth-order valence-electron chi connectivity index (χ4n) is 1.41. The highest BCUT2D eigenvalue weighted by molar-refractivity contribution is 5.92. The van der Waals surface area contributed by atoms with Crippen molar-refractivity contribution in [2.24, 2.45) is 0 Å². The monoisotopic (exact) mass is 212 g/mol. The van der Waals surface area contributed by atoms with Gasteiger partial charge in [-0.05, 0) is 18.6 Å². The normalized spacial score (nSPS) is 10.1. The van der Waals surface area contributed by atoms with Crippen molar-refractivity contribution < 1.29 is 18.7 Å². The van der Waals surface area contributed by atoms with Crippen molar-refractivity contribution in [3.8, 4) is 0 Å². The van der Waals surface area contributed by atoms with Crippen LogP contribution in [0.4, 0.5) is 4.39 Å². The van der Waals surface area contributed by atoms with Crippen LogP contribution in [-0.2, 0) is 16.1 Å². The van der Waals surface area contributed by atoms with Crippen molar-refractivity contribution in [3.05, 3.63) is 34.6 Å². The molecule has 0 bridgehead atoms. The average molecular weight is 212 g/mol. The number of aryl methyl sites for hydroxylation is 1. The molecule has 0 aromatic heterocycles. The van der Waals surface area contributed by atoms with Gasteiger partial charge in [-0.2, -0.15) is 0 Å². The van der Waals surface area contributed by atoms with Crippen molar-refractivity contribution in [2.75, 3.05) is 14.2 Å². The smallest absolute Gasteiger partial charge is 0.338 e. The van der Waals surface area contributed by atoms with Crippen LogP contribution in [0.1, 0.15) is 21.5 Å². The Morgan fingerprint density at radius 2 is 2.07 bits per heavy atom. The Bertz CT molecular complexity index is 374. The second kappa shape index (κ2) is 4.89. The van der Waals surface area contributed by atoms with Gasteiger partial charge < -0.3 is 9.47 Å². The number of esters is 1. The molecule has 3 nitrogen and oxygen atoms in total. The molecule has 0 aliphatic heterocycles. The van der Waals surface area contributed by atoms with E-state index < -0.39 is 11.8 Å². The highest BCUT2D eigenvalue weighted by Crippen LogP contribution is 2.19. The highest BCUT2D eigenvalue weighted by atomic mass is 19.1. The van der Waals surface area contributed by atoms with Crippen LogP contribution in [0.3, 0.4) is 0 Å². The van der Waals surface area contributed by atoms with E-state index in [1.807, 2.05) is 0 Å². The van der Waals surface area contributed by atoms with Gasteiger partial charge >= 0.3 is 5.97 Å². The molecule has 0 amide bonds. The quantitative estimate of drug-likeness (QED) is 0.719. The van der Waals surface area contributed by atoms with E-state index in [9.17, 15) is 9.18 Å². The summed E-state index contributed by atoms with van der Waals surface area (Å²) in [6.07, 6.45) is 0. The van der Waals surface area contributed by atoms with Gasteiger partial charge in [0.1, 0.15) is 5.82 Å². The Hall–Kier alpha value is -1.42. The van der Waals surface area contributed by atoms with Gasteiger partial charge in [0.05, 0.1) is 19.3 Å². The number of carbonyl (C=O) groups excluding carboxylic acids is 1. The first kappa shape index (κ1) is 11.7. The molecule has 0 aliphatic rings. The van der Waals surface area contributed by atoms with Crippen LogP contribution in [-0.4, -0.2) is 20.2 Å². The van der Waals surface area contributed by atoms with Crippen molar-refractivity contribution in [1.29, 1.82) is 0 Å². The molecule has 0 spiro atoms. The van der Waals surface area contributed by atoms with Gasteiger partial charge in [0.15, 0.2) is 0 Å². The zero-order valence-corrected chi connectivity index (χ0v) is 8.96. The molecule has 82 valence electrons. The number of rotatable bonds is 3. The Labute approximate surface area is 87.8 Å². The molecule has 0 fully saturated rings. The van der Waals surface area contributed by atoms with Crippen molar-refractivity contribution in [1.82, 2.24) is 0 Å². The summed E-state index contributed by atoms with van der Waals surface area (Å²) in [6, 6.07) is 2.86. The van der Waals surface area contributed by atoms with E-state index in [1.54, 1.807) is 13.0 Å². The number of carbonyl (C=O) groups is 1. The van der Waals surface area contributed by atoms with Crippen molar-refractivity contribution >= 4 is 5.97 Å². The highest BCUT2D eigenvalue weighted by Gasteiger charge is 2.18. The summed E-state index contributed by atoms with van der Waals surface area (Å²) in [5.41, 5.74) is 1.17. The third-order valence-corrected chi connectivity index (χ3v) is 2.14. The van der Waals surface area contributed by atoms with Gasteiger partial charge in [-0.1, -0.05) is 6.07 Å². The Morgan fingerprint density at radius 3 is 2.60 bits per heavy atom. The van der Waals surface area contributed by atoms with E-state index in [-0.39, 0.29) is 17.7 Å². The van der Waals surface area contributed by atoms with Crippen LogP contribution in [0, 0.1) is 12.7 Å². The van der Waals surface area contributed by atoms with Gasteiger partial charge in [-0.15, -0.1) is 0 Å². The lowest BCUT2D eigenvalue weighted by Gasteiger charge is -2.10. The Kier molecular flexibility index (Phi) is 3.80. The number of methoxy groups -OCH3 is 2. The second-order valence-electron chi connectivity index (χ2n) is 3.14. The Balaban J connectivity index is 3.31. The maximum Gasteiger partial charge on any atom is 0.338 e. The molecule has 0 N–H and O–H groups in total. The minimum Gasteiger partial charge on any atom is -0.465 e. The molecule has 1 aromatic rings. The van der Waals surface area contributed by atoms with Crippen LogP contribution in [0.2, 0.25) is 0 Å². The van der Waals surface area contributed by atoms with Crippen LogP contribution in [0.15, 0.2) is 12.1 Å². The van der Waals surface area contributed by atoms with Gasteiger partial charge in [0, 0.05) is 12.7 Å². The number of hydrogen-bond donors (Lipinski definition) is 0. The third-order valence-electron chi connectivity index (χ3n) is 2.14. The van der Waals surface area contributed by atoms with Gasteiger partial charge in [-0.25, -0.2) is 9.18 Å². The molecule has 15 heavy (non-hydrogen) atoms. The van der Waals surface area contributed by atoms with Crippen LogP contribution in [0.25, 0.3) is 0 Å². The molecule has 4 heteroatoms. The lowest BCUT2D eigenvalue weighted by atomic mass is 10.0. The lowest BCUT2D eigenvalue weighted by Crippen LogP contribution is -2.10. The van der Waals surface area contributed by atoms with Crippen LogP contribution < -0.4 is 0 Å². The summed E-state index contributed by atoms with van der Waals surface area (Å²) < 4.78 is 22.9. The zero-order valence-electron chi connectivity index (χ0n) is 8.96.